The zero-order chi connectivity index (χ0) is 12.8. The Bertz CT molecular complexity index is 381. The minimum atomic E-state index is -0.323. The Morgan fingerprint density at radius 1 is 1.59 bits per heavy atom. The van der Waals surface area contributed by atoms with Gasteiger partial charge in [0, 0.05) is 12.6 Å². The molecule has 0 aliphatic rings. The molecule has 0 unspecified atom stereocenters. The van der Waals surface area contributed by atoms with Crippen LogP contribution in [-0.2, 0) is 9.53 Å². The summed E-state index contributed by atoms with van der Waals surface area (Å²) in [5.74, 6) is 5.76. The zero-order valence-electron chi connectivity index (χ0n) is 9.39. The standard InChI is InChI=1S/C9H14ClN5O2/c1-2-17-8(16)3-4-15(12)7-5-6(10)13-9(11)14-7/h5H,2-4,12H2,1H3,(H2,11,13,14). The van der Waals surface area contributed by atoms with Gasteiger partial charge in [0.05, 0.1) is 13.0 Å². The van der Waals surface area contributed by atoms with Crippen LogP contribution in [0, 0.1) is 0 Å². The maximum atomic E-state index is 11.1. The molecule has 17 heavy (non-hydrogen) atoms. The van der Waals surface area contributed by atoms with Crippen molar-refractivity contribution < 1.29 is 9.53 Å². The Balaban J connectivity index is 2.57. The van der Waals surface area contributed by atoms with Gasteiger partial charge in [0.25, 0.3) is 0 Å². The highest BCUT2D eigenvalue weighted by molar-refractivity contribution is 6.29. The lowest BCUT2D eigenvalue weighted by molar-refractivity contribution is -0.142. The van der Waals surface area contributed by atoms with Gasteiger partial charge in [0.15, 0.2) is 0 Å². The molecule has 1 heterocycles. The predicted octanol–water partition coefficient (Wildman–Crippen LogP) is 0.346. The van der Waals surface area contributed by atoms with Crippen LogP contribution in [0.15, 0.2) is 6.07 Å². The van der Waals surface area contributed by atoms with E-state index in [4.69, 9.17) is 27.9 Å². The van der Waals surface area contributed by atoms with Gasteiger partial charge in [0.2, 0.25) is 5.95 Å². The molecule has 0 bridgehead atoms. The van der Waals surface area contributed by atoms with Crippen LogP contribution in [0.4, 0.5) is 11.8 Å². The molecule has 0 saturated heterocycles. The molecule has 4 N–H and O–H groups in total. The van der Waals surface area contributed by atoms with Crippen molar-refractivity contribution in [1.82, 2.24) is 9.97 Å². The monoisotopic (exact) mass is 259 g/mol. The van der Waals surface area contributed by atoms with E-state index in [0.717, 1.165) is 0 Å². The van der Waals surface area contributed by atoms with Crippen molar-refractivity contribution in [3.8, 4) is 0 Å². The van der Waals surface area contributed by atoms with E-state index < -0.39 is 0 Å². The second-order valence-corrected chi connectivity index (χ2v) is 3.54. The molecule has 0 fully saturated rings. The Labute approximate surface area is 104 Å². The molecular weight excluding hydrogens is 246 g/mol. The smallest absolute Gasteiger partial charge is 0.307 e. The van der Waals surface area contributed by atoms with Crippen LogP contribution in [0.25, 0.3) is 0 Å². The number of hydrogen-bond acceptors (Lipinski definition) is 7. The van der Waals surface area contributed by atoms with Crippen molar-refractivity contribution in [2.24, 2.45) is 5.84 Å². The number of esters is 1. The van der Waals surface area contributed by atoms with Crippen molar-refractivity contribution in [2.75, 3.05) is 23.9 Å². The van der Waals surface area contributed by atoms with Crippen LogP contribution in [0.1, 0.15) is 13.3 Å². The highest BCUT2D eigenvalue weighted by Crippen LogP contribution is 2.14. The summed E-state index contributed by atoms with van der Waals surface area (Å²) >= 11 is 5.70. The molecule has 1 aromatic heterocycles. The second-order valence-electron chi connectivity index (χ2n) is 3.16. The molecule has 7 nitrogen and oxygen atoms in total. The van der Waals surface area contributed by atoms with Crippen LogP contribution in [0.3, 0.4) is 0 Å². The van der Waals surface area contributed by atoms with Crippen LogP contribution in [0.2, 0.25) is 5.15 Å². The summed E-state index contributed by atoms with van der Waals surface area (Å²) in [5, 5.41) is 1.46. The molecule has 0 aliphatic heterocycles. The summed E-state index contributed by atoms with van der Waals surface area (Å²) in [6.07, 6.45) is 0.159. The normalized spacial score (nSPS) is 10.1. The predicted molar refractivity (Wildman–Crippen MR) is 64.2 cm³/mol. The molecule has 0 aliphatic carbocycles. The molecule has 8 heteroatoms. The van der Waals surface area contributed by atoms with Crippen LogP contribution < -0.4 is 16.6 Å². The second kappa shape index (κ2) is 6.21. The third kappa shape index (κ3) is 4.41. The minimum absolute atomic E-state index is 0.0269. The first-order valence-electron chi connectivity index (χ1n) is 5.01. The van der Waals surface area contributed by atoms with Crippen LogP contribution >= 0.6 is 11.6 Å². The first kappa shape index (κ1) is 13.5. The third-order valence-corrected chi connectivity index (χ3v) is 2.05. The first-order valence-corrected chi connectivity index (χ1v) is 5.38. The number of nitrogen functional groups attached to an aromatic ring is 1. The van der Waals surface area contributed by atoms with E-state index in [0.29, 0.717) is 12.4 Å². The van der Waals surface area contributed by atoms with Gasteiger partial charge in [-0.05, 0) is 6.92 Å². The van der Waals surface area contributed by atoms with E-state index >= 15 is 0 Å². The average Bonchev–Trinajstić information content (AvgIpc) is 2.25. The Morgan fingerprint density at radius 3 is 2.88 bits per heavy atom. The Kier molecular flexibility index (Phi) is 4.92. The quantitative estimate of drug-likeness (QED) is 0.340. The van der Waals surface area contributed by atoms with Gasteiger partial charge in [-0.15, -0.1) is 0 Å². The summed E-state index contributed by atoms with van der Waals surface area (Å²) in [6, 6.07) is 1.46. The number of hydrazine groups is 1. The number of carbonyl (C=O) groups is 1. The lowest BCUT2D eigenvalue weighted by atomic mass is 10.4. The summed E-state index contributed by atoms with van der Waals surface area (Å²) in [7, 11) is 0. The van der Waals surface area contributed by atoms with Crippen molar-refractivity contribution in [3.63, 3.8) is 0 Å². The fourth-order valence-electron chi connectivity index (χ4n) is 1.13. The number of anilines is 2. The number of aromatic nitrogens is 2. The SMILES string of the molecule is CCOC(=O)CCN(N)c1cc(Cl)nc(N)n1. The Hall–Kier alpha value is -1.60. The van der Waals surface area contributed by atoms with Gasteiger partial charge >= 0.3 is 5.97 Å². The molecule has 1 aromatic rings. The topological polar surface area (TPSA) is 107 Å². The van der Waals surface area contributed by atoms with E-state index in [1.165, 1.54) is 11.1 Å². The molecule has 94 valence electrons. The van der Waals surface area contributed by atoms with Crippen molar-refractivity contribution in [2.45, 2.75) is 13.3 Å². The summed E-state index contributed by atoms with van der Waals surface area (Å²) in [4.78, 5) is 18.7. The molecule has 0 amide bonds. The molecular formula is C9H14ClN5O2. The van der Waals surface area contributed by atoms with Gasteiger partial charge in [-0.25, -0.2) is 10.8 Å². The lowest BCUT2D eigenvalue weighted by Gasteiger charge is -2.17. The molecule has 0 saturated carbocycles. The molecule has 0 atom stereocenters. The zero-order valence-corrected chi connectivity index (χ0v) is 10.1. The fraction of sp³-hybridized carbons (Fsp3) is 0.444. The first-order chi connectivity index (χ1) is 8.02. The third-order valence-electron chi connectivity index (χ3n) is 1.86. The number of carbonyl (C=O) groups excluding carboxylic acids is 1. The van der Waals surface area contributed by atoms with E-state index in [2.05, 4.69) is 9.97 Å². The number of nitrogens with zero attached hydrogens (tertiary/aromatic N) is 3. The maximum absolute atomic E-state index is 11.1. The highest BCUT2D eigenvalue weighted by Gasteiger charge is 2.09. The number of rotatable bonds is 5. The van der Waals surface area contributed by atoms with Crippen LogP contribution in [0.5, 0.6) is 0 Å². The number of hydrogen-bond donors (Lipinski definition) is 2. The maximum Gasteiger partial charge on any atom is 0.307 e. The number of halogens is 1. The van der Waals surface area contributed by atoms with E-state index in [9.17, 15) is 4.79 Å². The minimum Gasteiger partial charge on any atom is -0.466 e. The van der Waals surface area contributed by atoms with Crippen LogP contribution in [-0.4, -0.2) is 29.1 Å². The van der Waals surface area contributed by atoms with Gasteiger partial charge in [-0.2, -0.15) is 4.98 Å². The average molecular weight is 260 g/mol. The number of ether oxygens (including phenoxy) is 1. The summed E-state index contributed by atoms with van der Waals surface area (Å²) in [6.45, 7) is 2.34. The molecule has 0 spiro atoms. The lowest BCUT2D eigenvalue weighted by Crippen LogP contribution is -2.34. The fourth-order valence-corrected chi connectivity index (χ4v) is 1.31. The van der Waals surface area contributed by atoms with Gasteiger partial charge in [0.1, 0.15) is 11.0 Å². The summed E-state index contributed by atoms with van der Waals surface area (Å²) in [5.41, 5.74) is 5.42. The van der Waals surface area contributed by atoms with Crippen molar-refractivity contribution >= 4 is 29.3 Å². The van der Waals surface area contributed by atoms with E-state index in [1.807, 2.05) is 0 Å². The molecule has 1 rings (SSSR count). The molecule has 0 aromatic carbocycles. The number of nitrogens with two attached hydrogens (primary N) is 2. The van der Waals surface area contributed by atoms with Gasteiger partial charge in [-0.3, -0.25) is 9.80 Å². The van der Waals surface area contributed by atoms with Crippen molar-refractivity contribution in [3.05, 3.63) is 11.2 Å². The highest BCUT2D eigenvalue weighted by atomic mass is 35.5. The van der Waals surface area contributed by atoms with Gasteiger partial charge in [-0.1, -0.05) is 11.6 Å². The van der Waals surface area contributed by atoms with Gasteiger partial charge < -0.3 is 10.5 Å². The summed E-state index contributed by atoms with van der Waals surface area (Å²) < 4.78 is 4.77. The Morgan fingerprint density at radius 2 is 2.29 bits per heavy atom. The van der Waals surface area contributed by atoms with E-state index in [1.54, 1.807) is 6.92 Å². The molecule has 0 radical (unpaired) electrons. The van der Waals surface area contributed by atoms with E-state index in [-0.39, 0.29) is 30.0 Å². The van der Waals surface area contributed by atoms with Crippen molar-refractivity contribution in [1.29, 1.82) is 0 Å². The largest absolute Gasteiger partial charge is 0.466 e.